The Morgan fingerprint density at radius 3 is 3.00 bits per heavy atom. The standard InChI is InChI=1S/C21H25N5O2/c27-17(14-26-10-8-15-3-1-2-4-16(15)13-26)11-23-21(28)6-5-20-24-18-7-9-22-12-19(18)25-20/h1-4,7,9,12,17,27H,5-6,8,10-11,13-14H2,(H,23,28)(H,24,25)/t17-/m0/s1. The number of rotatable bonds is 7. The zero-order chi connectivity index (χ0) is 19.3. The summed E-state index contributed by atoms with van der Waals surface area (Å²) >= 11 is 0. The van der Waals surface area contributed by atoms with E-state index in [-0.39, 0.29) is 12.5 Å². The number of aromatic nitrogens is 3. The zero-order valence-corrected chi connectivity index (χ0v) is 15.8. The minimum Gasteiger partial charge on any atom is -0.390 e. The van der Waals surface area contributed by atoms with Crippen molar-refractivity contribution < 1.29 is 9.90 Å². The van der Waals surface area contributed by atoms with E-state index < -0.39 is 6.10 Å². The Morgan fingerprint density at radius 1 is 1.29 bits per heavy atom. The number of carbonyl (C=O) groups is 1. The van der Waals surface area contributed by atoms with Gasteiger partial charge in [-0.15, -0.1) is 0 Å². The smallest absolute Gasteiger partial charge is 0.220 e. The molecule has 0 fully saturated rings. The molecule has 0 bridgehead atoms. The molecule has 1 aliphatic heterocycles. The molecule has 7 nitrogen and oxygen atoms in total. The third-order valence-corrected chi connectivity index (χ3v) is 5.13. The molecule has 1 atom stereocenters. The summed E-state index contributed by atoms with van der Waals surface area (Å²) in [6.45, 7) is 2.61. The van der Waals surface area contributed by atoms with Crippen molar-refractivity contribution in [2.24, 2.45) is 0 Å². The summed E-state index contributed by atoms with van der Waals surface area (Å²) in [5, 5.41) is 13.1. The molecular formula is C21H25N5O2. The van der Waals surface area contributed by atoms with Crippen molar-refractivity contribution in [1.82, 2.24) is 25.2 Å². The summed E-state index contributed by atoms with van der Waals surface area (Å²) in [6, 6.07) is 10.3. The van der Waals surface area contributed by atoms with Crippen LogP contribution in [0.15, 0.2) is 42.7 Å². The van der Waals surface area contributed by atoms with Crippen molar-refractivity contribution in [2.75, 3.05) is 19.6 Å². The number of aliphatic hydroxyl groups is 1. The third kappa shape index (κ3) is 4.55. The summed E-state index contributed by atoms with van der Waals surface area (Å²) in [4.78, 5) is 26.0. The Kier molecular flexibility index (Phi) is 5.64. The largest absolute Gasteiger partial charge is 0.390 e. The Labute approximate surface area is 163 Å². The SMILES string of the molecule is O=C(CCc1nc2ccncc2[nH]1)NC[C@H](O)CN1CCc2ccccc2C1. The minimum atomic E-state index is -0.577. The van der Waals surface area contributed by atoms with Crippen molar-refractivity contribution >= 4 is 16.9 Å². The van der Waals surface area contributed by atoms with Gasteiger partial charge in [0.05, 0.1) is 23.3 Å². The number of aryl methyl sites for hydroxylation is 1. The van der Waals surface area contributed by atoms with Crippen LogP contribution in [0.4, 0.5) is 0 Å². The Bertz CT molecular complexity index is 922. The second-order valence-corrected chi connectivity index (χ2v) is 7.29. The maximum Gasteiger partial charge on any atom is 0.220 e. The molecule has 7 heteroatoms. The zero-order valence-electron chi connectivity index (χ0n) is 15.8. The second-order valence-electron chi connectivity index (χ2n) is 7.29. The third-order valence-electron chi connectivity index (χ3n) is 5.13. The Hall–Kier alpha value is -2.77. The van der Waals surface area contributed by atoms with E-state index in [0.29, 0.717) is 19.4 Å². The van der Waals surface area contributed by atoms with Crippen LogP contribution >= 0.6 is 0 Å². The number of pyridine rings is 1. The lowest BCUT2D eigenvalue weighted by Gasteiger charge is -2.30. The normalized spacial score (nSPS) is 15.3. The number of nitrogens with zero attached hydrogens (tertiary/aromatic N) is 3. The molecule has 0 unspecified atom stereocenters. The molecule has 3 N–H and O–H groups in total. The number of aliphatic hydroxyl groups excluding tert-OH is 1. The minimum absolute atomic E-state index is 0.0818. The quantitative estimate of drug-likeness (QED) is 0.577. The Morgan fingerprint density at radius 2 is 2.14 bits per heavy atom. The van der Waals surface area contributed by atoms with E-state index in [0.717, 1.165) is 36.4 Å². The summed E-state index contributed by atoms with van der Waals surface area (Å²) in [5.74, 6) is 0.687. The molecule has 1 aliphatic rings. The first-order valence-electron chi connectivity index (χ1n) is 9.70. The fraction of sp³-hybridized carbons (Fsp3) is 0.381. The van der Waals surface area contributed by atoms with Crippen molar-refractivity contribution in [3.05, 3.63) is 59.7 Å². The highest BCUT2D eigenvalue weighted by atomic mass is 16.3. The van der Waals surface area contributed by atoms with Crippen LogP contribution in [-0.2, 0) is 24.2 Å². The average molecular weight is 379 g/mol. The van der Waals surface area contributed by atoms with Crippen LogP contribution in [-0.4, -0.2) is 56.6 Å². The van der Waals surface area contributed by atoms with E-state index in [9.17, 15) is 9.90 Å². The molecule has 146 valence electrons. The fourth-order valence-electron chi connectivity index (χ4n) is 3.65. The van der Waals surface area contributed by atoms with Gasteiger partial charge in [0.15, 0.2) is 0 Å². The molecule has 0 spiro atoms. The fourth-order valence-corrected chi connectivity index (χ4v) is 3.65. The molecule has 3 aromatic rings. The van der Waals surface area contributed by atoms with Crippen LogP contribution < -0.4 is 5.32 Å². The first-order valence-corrected chi connectivity index (χ1v) is 9.70. The van der Waals surface area contributed by atoms with Gasteiger partial charge >= 0.3 is 0 Å². The van der Waals surface area contributed by atoms with Gasteiger partial charge < -0.3 is 15.4 Å². The summed E-state index contributed by atoms with van der Waals surface area (Å²) in [6.07, 6.45) is 4.70. The predicted octanol–water partition coefficient (Wildman–Crippen LogP) is 1.43. The maximum absolute atomic E-state index is 12.1. The number of amides is 1. The van der Waals surface area contributed by atoms with Crippen molar-refractivity contribution in [3.8, 4) is 0 Å². The van der Waals surface area contributed by atoms with Gasteiger partial charge in [-0.1, -0.05) is 24.3 Å². The lowest BCUT2D eigenvalue weighted by Crippen LogP contribution is -2.42. The van der Waals surface area contributed by atoms with E-state index in [1.807, 2.05) is 6.07 Å². The molecule has 0 aliphatic carbocycles. The summed E-state index contributed by atoms with van der Waals surface area (Å²) in [7, 11) is 0. The van der Waals surface area contributed by atoms with E-state index in [1.165, 1.54) is 11.1 Å². The van der Waals surface area contributed by atoms with Gasteiger partial charge in [0.2, 0.25) is 5.91 Å². The lowest BCUT2D eigenvalue weighted by atomic mass is 10.00. The number of fused-ring (bicyclic) bond motifs is 2. The number of imidazole rings is 1. The average Bonchev–Trinajstić information content (AvgIpc) is 3.14. The number of H-pyrrole nitrogens is 1. The van der Waals surface area contributed by atoms with Gasteiger partial charge in [-0.2, -0.15) is 0 Å². The summed E-state index contributed by atoms with van der Waals surface area (Å²) < 4.78 is 0. The molecule has 3 heterocycles. The number of carbonyl (C=O) groups excluding carboxylic acids is 1. The molecule has 2 aromatic heterocycles. The molecule has 0 saturated heterocycles. The number of nitrogens with one attached hydrogen (secondary N) is 2. The van der Waals surface area contributed by atoms with Gasteiger partial charge in [-0.05, 0) is 23.6 Å². The lowest BCUT2D eigenvalue weighted by molar-refractivity contribution is -0.121. The van der Waals surface area contributed by atoms with Gasteiger partial charge in [-0.3, -0.25) is 14.7 Å². The van der Waals surface area contributed by atoms with Crippen molar-refractivity contribution in [3.63, 3.8) is 0 Å². The van der Waals surface area contributed by atoms with Gasteiger partial charge in [0.1, 0.15) is 5.82 Å². The number of benzene rings is 1. The van der Waals surface area contributed by atoms with Gasteiger partial charge in [-0.25, -0.2) is 4.98 Å². The van der Waals surface area contributed by atoms with Gasteiger partial charge in [0, 0.05) is 45.2 Å². The molecule has 28 heavy (non-hydrogen) atoms. The molecule has 1 aromatic carbocycles. The van der Waals surface area contributed by atoms with Crippen LogP contribution in [0.3, 0.4) is 0 Å². The van der Waals surface area contributed by atoms with Crippen LogP contribution in [0.25, 0.3) is 11.0 Å². The first kappa shape index (κ1) is 18.6. The highest BCUT2D eigenvalue weighted by Crippen LogP contribution is 2.18. The maximum atomic E-state index is 12.1. The number of hydrogen-bond donors (Lipinski definition) is 3. The van der Waals surface area contributed by atoms with E-state index in [4.69, 9.17) is 0 Å². The number of β-amino-alcohol motifs (C(OH)–C–C–N with tert-alkyl or cyclic N) is 1. The Balaban J connectivity index is 1.19. The van der Waals surface area contributed by atoms with E-state index >= 15 is 0 Å². The van der Waals surface area contributed by atoms with E-state index in [1.54, 1.807) is 12.4 Å². The molecule has 4 rings (SSSR count). The number of hydrogen-bond acceptors (Lipinski definition) is 5. The highest BCUT2D eigenvalue weighted by Gasteiger charge is 2.18. The van der Waals surface area contributed by atoms with Crippen LogP contribution in [0.1, 0.15) is 23.4 Å². The van der Waals surface area contributed by atoms with E-state index in [2.05, 4.69) is 49.4 Å². The second kappa shape index (κ2) is 8.50. The molecule has 0 saturated carbocycles. The van der Waals surface area contributed by atoms with Crippen molar-refractivity contribution in [2.45, 2.75) is 31.9 Å². The first-order chi connectivity index (χ1) is 13.7. The highest BCUT2D eigenvalue weighted by molar-refractivity contribution is 5.76. The topological polar surface area (TPSA) is 94.1 Å². The van der Waals surface area contributed by atoms with Crippen molar-refractivity contribution in [1.29, 1.82) is 0 Å². The van der Waals surface area contributed by atoms with Crippen LogP contribution in [0.2, 0.25) is 0 Å². The predicted molar refractivity (Wildman–Crippen MR) is 107 cm³/mol. The molecule has 1 amide bonds. The molecular weight excluding hydrogens is 354 g/mol. The summed E-state index contributed by atoms with van der Waals surface area (Å²) in [5.41, 5.74) is 4.44. The van der Waals surface area contributed by atoms with Crippen LogP contribution in [0.5, 0.6) is 0 Å². The van der Waals surface area contributed by atoms with Gasteiger partial charge in [0.25, 0.3) is 0 Å². The van der Waals surface area contributed by atoms with Crippen LogP contribution in [0, 0.1) is 0 Å². The molecule has 0 radical (unpaired) electrons. The number of aromatic amines is 1. The monoisotopic (exact) mass is 379 g/mol.